The molecule has 0 aliphatic carbocycles. The molecular weight excluding hydrogens is 423 g/mol. The molecule has 0 atom stereocenters. The van der Waals surface area contributed by atoms with E-state index in [9.17, 15) is 31.2 Å². The monoisotopic (exact) mass is 443 g/mol. The molecule has 30 heavy (non-hydrogen) atoms. The first-order valence-corrected chi connectivity index (χ1v) is 10.1. The molecule has 11 heteroatoms. The fraction of sp³-hybridized carbons (Fsp3) is 0.263. The predicted molar refractivity (Wildman–Crippen MR) is 104 cm³/mol. The van der Waals surface area contributed by atoms with Crippen molar-refractivity contribution in [3.8, 4) is 0 Å². The molecule has 0 aliphatic rings. The van der Waals surface area contributed by atoms with Crippen LogP contribution in [0.25, 0.3) is 0 Å². The Morgan fingerprint density at radius 1 is 1.03 bits per heavy atom. The topological polar surface area (TPSA) is 95.6 Å². The highest BCUT2D eigenvalue weighted by atomic mass is 32.2. The summed E-state index contributed by atoms with van der Waals surface area (Å²) in [6.07, 6.45) is -4.50. The Bertz CT molecular complexity index is 1020. The second-order valence-corrected chi connectivity index (χ2v) is 8.33. The fourth-order valence-electron chi connectivity index (χ4n) is 2.33. The highest BCUT2D eigenvalue weighted by Gasteiger charge is 2.31. The van der Waals surface area contributed by atoms with Crippen molar-refractivity contribution < 1.29 is 31.2 Å². The zero-order valence-corrected chi connectivity index (χ0v) is 17.0. The number of nitrogens with zero attached hydrogens (tertiary/aromatic N) is 1. The van der Waals surface area contributed by atoms with E-state index in [1.807, 2.05) is 4.72 Å². The lowest BCUT2D eigenvalue weighted by molar-refractivity contribution is -0.137. The number of anilines is 1. The highest BCUT2D eigenvalue weighted by molar-refractivity contribution is 7.89. The third-order valence-corrected chi connectivity index (χ3v) is 5.39. The predicted octanol–water partition coefficient (Wildman–Crippen LogP) is 2.25. The highest BCUT2D eigenvalue weighted by Crippen LogP contribution is 2.30. The van der Waals surface area contributed by atoms with Crippen LogP contribution in [0.1, 0.15) is 11.1 Å². The number of likely N-dealkylation sites (N-methyl/N-ethyl adjacent to an activating group) is 1. The van der Waals surface area contributed by atoms with Gasteiger partial charge in [-0.1, -0.05) is 18.2 Å². The third-order valence-electron chi connectivity index (χ3n) is 3.99. The Balaban J connectivity index is 1.96. The first kappa shape index (κ1) is 23.4. The Hall–Kier alpha value is -2.92. The number of halogens is 3. The summed E-state index contributed by atoms with van der Waals surface area (Å²) >= 11 is 0. The van der Waals surface area contributed by atoms with E-state index in [4.69, 9.17) is 0 Å². The van der Waals surface area contributed by atoms with Gasteiger partial charge in [0.1, 0.15) is 0 Å². The van der Waals surface area contributed by atoms with Gasteiger partial charge in [-0.3, -0.25) is 9.59 Å². The molecule has 2 aromatic rings. The summed E-state index contributed by atoms with van der Waals surface area (Å²) in [7, 11) is -1.04. The molecule has 0 fully saturated rings. The molecule has 7 nitrogen and oxygen atoms in total. The van der Waals surface area contributed by atoms with E-state index in [1.165, 1.54) is 4.90 Å². The molecule has 0 heterocycles. The maximum absolute atomic E-state index is 12.7. The van der Waals surface area contributed by atoms with Gasteiger partial charge in [-0.25, -0.2) is 13.1 Å². The number of alkyl halides is 3. The zero-order chi connectivity index (χ0) is 22.5. The Morgan fingerprint density at radius 2 is 1.67 bits per heavy atom. The molecule has 2 rings (SSSR count). The van der Waals surface area contributed by atoms with Crippen molar-refractivity contribution >= 4 is 27.5 Å². The van der Waals surface area contributed by atoms with Crippen LogP contribution in [0.4, 0.5) is 18.9 Å². The van der Waals surface area contributed by atoms with E-state index in [2.05, 4.69) is 5.32 Å². The van der Waals surface area contributed by atoms with E-state index in [0.29, 0.717) is 11.8 Å². The molecular formula is C19H20F3N3O4S. The van der Waals surface area contributed by atoms with Crippen LogP contribution in [0.3, 0.4) is 0 Å². The Labute approximate surface area is 171 Å². The van der Waals surface area contributed by atoms with Crippen LogP contribution < -0.4 is 10.0 Å². The molecule has 0 spiro atoms. The van der Waals surface area contributed by atoms with Gasteiger partial charge in [0.25, 0.3) is 0 Å². The van der Waals surface area contributed by atoms with Crippen LogP contribution in [0, 0.1) is 0 Å². The number of amides is 2. The van der Waals surface area contributed by atoms with Gasteiger partial charge < -0.3 is 10.2 Å². The summed E-state index contributed by atoms with van der Waals surface area (Å²) in [6.45, 7) is -0.667. The minimum atomic E-state index is -4.69. The van der Waals surface area contributed by atoms with Crippen molar-refractivity contribution in [1.29, 1.82) is 0 Å². The van der Waals surface area contributed by atoms with Gasteiger partial charge in [0.2, 0.25) is 21.8 Å². The number of rotatable bonds is 7. The molecule has 2 amide bonds. The van der Waals surface area contributed by atoms with Gasteiger partial charge in [0.15, 0.2) is 0 Å². The Morgan fingerprint density at radius 3 is 2.23 bits per heavy atom. The first-order chi connectivity index (χ1) is 13.9. The van der Waals surface area contributed by atoms with Crippen LogP contribution in [-0.4, -0.2) is 45.8 Å². The molecule has 0 aliphatic heterocycles. The lowest BCUT2D eigenvalue weighted by Crippen LogP contribution is -2.33. The van der Waals surface area contributed by atoms with Gasteiger partial charge in [-0.05, 0) is 35.9 Å². The molecule has 0 saturated heterocycles. The summed E-state index contributed by atoms with van der Waals surface area (Å²) in [5, 5.41) is 2.46. The zero-order valence-electron chi connectivity index (χ0n) is 16.2. The minimum Gasteiger partial charge on any atom is -0.349 e. The third kappa shape index (κ3) is 6.56. The number of sulfonamides is 1. The van der Waals surface area contributed by atoms with Gasteiger partial charge in [0.05, 0.1) is 23.4 Å². The fourth-order valence-corrected chi connectivity index (χ4v) is 3.35. The second kappa shape index (κ2) is 9.26. The molecule has 2 aromatic carbocycles. The smallest absolute Gasteiger partial charge is 0.349 e. The van der Waals surface area contributed by atoms with Gasteiger partial charge in [-0.15, -0.1) is 0 Å². The minimum absolute atomic E-state index is 0.0872. The number of hydrogen-bond donors (Lipinski definition) is 2. The standard InChI is InChI=1S/C19H20F3N3O4S/c1-25(2)18(27)10-13-6-8-15(9-7-13)24-17(26)12-23-30(28,29)16-5-3-4-14(11-16)19(20,21)22/h3-9,11,23H,10,12H2,1-2H3,(H,24,26). The average Bonchev–Trinajstić information content (AvgIpc) is 2.67. The van der Waals surface area contributed by atoms with Crippen LogP contribution in [0.15, 0.2) is 53.4 Å². The molecule has 0 saturated carbocycles. The normalized spacial score (nSPS) is 11.8. The van der Waals surface area contributed by atoms with Gasteiger partial charge in [-0.2, -0.15) is 13.2 Å². The van der Waals surface area contributed by atoms with E-state index in [1.54, 1.807) is 38.4 Å². The van der Waals surface area contributed by atoms with E-state index in [0.717, 1.165) is 23.8 Å². The molecule has 0 radical (unpaired) electrons. The largest absolute Gasteiger partial charge is 0.416 e. The van der Waals surface area contributed by atoms with E-state index >= 15 is 0 Å². The van der Waals surface area contributed by atoms with Crippen molar-refractivity contribution in [2.45, 2.75) is 17.5 Å². The van der Waals surface area contributed by atoms with Crippen molar-refractivity contribution in [2.75, 3.05) is 26.0 Å². The number of benzene rings is 2. The first-order valence-electron chi connectivity index (χ1n) is 8.64. The van der Waals surface area contributed by atoms with Gasteiger partial charge >= 0.3 is 6.18 Å². The summed E-state index contributed by atoms with van der Waals surface area (Å²) in [5.41, 5.74) is -0.000989. The van der Waals surface area contributed by atoms with Crippen molar-refractivity contribution in [2.24, 2.45) is 0 Å². The van der Waals surface area contributed by atoms with Crippen LogP contribution >= 0.6 is 0 Å². The van der Waals surface area contributed by atoms with Crippen molar-refractivity contribution in [3.05, 3.63) is 59.7 Å². The molecule has 0 unspecified atom stereocenters. The molecule has 162 valence electrons. The van der Waals surface area contributed by atoms with Crippen LogP contribution in [0.5, 0.6) is 0 Å². The molecule has 2 N–H and O–H groups in total. The summed E-state index contributed by atoms with van der Waals surface area (Å²) in [4.78, 5) is 24.5. The maximum atomic E-state index is 12.7. The molecule has 0 bridgehead atoms. The second-order valence-electron chi connectivity index (χ2n) is 6.56. The summed E-state index contributed by atoms with van der Waals surface area (Å²) in [5.74, 6) is -0.793. The van der Waals surface area contributed by atoms with Gasteiger partial charge in [0, 0.05) is 19.8 Å². The number of carbonyl (C=O) groups is 2. The quantitative estimate of drug-likeness (QED) is 0.686. The lowest BCUT2D eigenvalue weighted by Gasteiger charge is -2.11. The number of carbonyl (C=O) groups excluding carboxylic acids is 2. The summed E-state index contributed by atoms with van der Waals surface area (Å²) < 4.78 is 64.6. The Kier molecular flexibility index (Phi) is 7.21. The lowest BCUT2D eigenvalue weighted by atomic mass is 10.1. The van der Waals surface area contributed by atoms with Crippen LogP contribution in [-0.2, 0) is 32.2 Å². The van der Waals surface area contributed by atoms with E-state index in [-0.39, 0.29) is 12.3 Å². The van der Waals surface area contributed by atoms with Crippen molar-refractivity contribution in [3.63, 3.8) is 0 Å². The SMILES string of the molecule is CN(C)C(=O)Cc1ccc(NC(=O)CNS(=O)(=O)c2cccc(C(F)(F)F)c2)cc1. The number of hydrogen-bond acceptors (Lipinski definition) is 4. The van der Waals surface area contributed by atoms with Crippen LogP contribution in [0.2, 0.25) is 0 Å². The average molecular weight is 443 g/mol. The van der Waals surface area contributed by atoms with Crippen molar-refractivity contribution in [1.82, 2.24) is 9.62 Å². The summed E-state index contributed by atoms with van der Waals surface area (Å²) in [6, 6.07) is 9.61. The maximum Gasteiger partial charge on any atom is 0.416 e. The molecule has 0 aromatic heterocycles. The van der Waals surface area contributed by atoms with E-state index < -0.39 is 39.1 Å². The number of nitrogens with one attached hydrogen (secondary N) is 2.